The maximum absolute atomic E-state index is 5.88. The molecule has 0 saturated carbocycles. The van der Waals surface area contributed by atoms with Gasteiger partial charge in [0.15, 0.2) is 0 Å². The largest absolute Gasteiger partial charge is 0.492 e. The predicted molar refractivity (Wildman–Crippen MR) is 121 cm³/mol. The van der Waals surface area contributed by atoms with E-state index in [1.165, 1.54) is 38.9 Å². The minimum atomic E-state index is 0.752. The van der Waals surface area contributed by atoms with E-state index in [0.717, 1.165) is 18.9 Å². The number of halogens is 1. The van der Waals surface area contributed by atoms with Crippen LogP contribution in [0.4, 0.5) is 0 Å². The molecule has 4 rings (SSSR count). The summed E-state index contributed by atoms with van der Waals surface area (Å²) in [5.41, 5.74) is 4.91. The molecule has 0 amide bonds. The van der Waals surface area contributed by atoms with Crippen LogP contribution < -0.4 is 4.74 Å². The molecule has 1 saturated heterocycles. The van der Waals surface area contributed by atoms with Crippen molar-refractivity contribution < 1.29 is 4.74 Å². The van der Waals surface area contributed by atoms with Gasteiger partial charge in [0.05, 0.1) is 0 Å². The number of ether oxygens (including phenoxy) is 1. The van der Waals surface area contributed by atoms with Gasteiger partial charge in [-0.25, -0.2) is 0 Å². The fourth-order valence-electron chi connectivity index (χ4n) is 3.06. The zero-order chi connectivity index (χ0) is 18.5. The fourth-order valence-corrected chi connectivity index (χ4v) is 4.04. The molecule has 0 atom stereocenters. The Morgan fingerprint density at radius 3 is 1.89 bits per heavy atom. The van der Waals surface area contributed by atoms with Crippen LogP contribution in [0.25, 0.3) is 9.15 Å². The molecule has 1 fully saturated rings. The summed E-state index contributed by atoms with van der Waals surface area (Å²) in [4.78, 5) is 2.37. The van der Waals surface area contributed by atoms with Crippen molar-refractivity contribution in [2.45, 2.75) is 0 Å². The zero-order valence-corrected chi connectivity index (χ0v) is 17.3. The first-order valence-electron chi connectivity index (χ1n) is 9.27. The Kier molecular flexibility index (Phi) is 5.90. The van der Waals surface area contributed by atoms with E-state index < -0.39 is 0 Å². The summed E-state index contributed by atoms with van der Waals surface area (Å²) in [6.45, 7) is 4.20. The molecule has 0 bridgehead atoms. The van der Waals surface area contributed by atoms with Crippen LogP contribution in [0.15, 0.2) is 84.9 Å². The van der Waals surface area contributed by atoms with Gasteiger partial charge in [-0.3, -0.25) is 4.90 Å². The quantitative estimate of drug-likeness (QED) is 0.250. The van der Waals surface area contributed by atoms with Gasteiger partial charge in [0.1, 0.15) is 12.4 Å². The van der Waals surface area contributed by atoms with Crippen molar-refractivity contribution in [1.29, 1.82) is 0 Å². The van der Waals surface area contributed by atoms with E-state index >= 15 is 0 Å². The van der Waals surface area contributed by atoms with Crippen molar-refractivity contribution >= 4 is 31.7 Å². The van der Waals surface area contributed by atoms with Crippen LogP contribution in [0, 0.1) is 0 Å². The van der Waals surface area contributed by atoms with Crippen molar-refractivity contribution in [2.75, 3.05) is 26.2 Å². The second kappa shape index (κ2) is 8.72. The molecule has 3 aromatic carbocycles. The predicted octanol–water partition coefficient (Wildman–Crippen LogP) is 5.73. The molecule has 136 valence electrons. The van der Waals surface area contributed by atoms with Crippen LogP contribution >= 0.6 is 22.6 Å². The topological polar surface area (TPSA) is 12.2 Å². The molecule has 27 heavy (non-hydrogen) atoms. The summed E-state index contributed by atoms with van der Waals surface area (Å²) >= 11 is 2.46. The second-order valence-electron chi connectivity index (χ2n) is 6.64. The number of hydrogen-bond donors (Lipinski definition) is 0. The van der Waals surface area contributed by atoms with E-state index in [0.29, 0.717) is 0 Å². The summed E-state index contributed by atoms with van der Waals surface area (Å²) in [6, 6.07) is 29.6. The fraction of sp³-hybridized carbons (Fsp3) is 0.167. The van der Waals surface area contributed by atoms with Gasteiger partial charge in [-0.1, -0.05) is 72.8 Å². The molecular weight excluding hydrogens is 445 g/mol. The van der Waals surface area contributed by atoms with Gasteiger partial charge in [0.2, 0.25) is 0 Å². The number of hydrogen-bond acceptors (Lipinski definition) is 2. The third kappa shape index (κ3) is 4.79. The summed E-state index contributed by atoms with van der Waals surface area (Å²) in [7, 11) is 0. The first-order chi connectivity index (χ1) is 13.3. The Morgan fingerprint density at radius 2 is 1.30 bits per heavy atom. The molecular formula is C24H22INO. The van der Waals surface area contributed by atoms with Crippen LogP contribution in [0.3, 0.4) is 0 Å². The number of rotatable bonds is 7. The molecule has 2 nitrogen and oxygen atoms in total. The highest BCUT2D eigenvalue weighted by Crippen LogP contribution is 2.36. The second-order valence-corrected chi connectivity index (χ2v) is 7.71. The van der Waals surface area contributed by atoms with Gasteiger partial charge in [-0.2, -0.15) is 0 Å². The van der Waals surface area contributed by atoms with Crippen molar-refractivity contribution in [3.63, 3.8) is 0 Å². The molecule has 0 unspecified atom stereocenters. The lowest BCUT2D eigenvalue weighted by Gasteiger charge is -2.14. The summed E-state index contributed by atoms with van der Waals surface area (Å²) in [5.74, 6) is 0.933. The van der Waals surface area contributed by atoms with Gasteiger partial charge in [0, 0.05) is 28.8 Å². The van der Waals surface area contributed by atoms with E-state index in [-0.39, 0.29) is 0 Å². The summed E-state index contributed by atoms with van der Waals surface area (Å²) < 4.78 is 7.13. The summed E-state index contributed by atoms with van der Waals surface area (Å²) in [5, 5.41) is 0. The standard InChI is InChI=1S/C24H22INO/c25-24(21-9-5-2-6-10-21)23(19-7-3-1-4-8-19)20-11-13-22(14-12-20)27-18-17-26-15-16-26/h1-14H,15-18H2. The van der Waals surface area contributed by atoms with Gasteiger partial charge < -0.3 is 4.74 Å². The lowest BCUT2D eigenvalue weighted by molar-refractivity contribution is 0.292. The third-order valence-electron chi connectivity index (χ3n) is 4.67. The molecule has 3 aromatic rings. The van der Waals surface area contributed by atoms with Gasteiger partial charge >= 0.3 is 0 Å². The molecule has 0 N–H and O–H groups in total. The van der Waals surface area contributed by atoms with Crippen LogP contribution in [0.2, 0.25) is 0 Å². The average molecular weight is 467 g/mol. The van der Waals surface area contributed by atoms with Gasteiger partial charge in [-0.05, 0) is 51.4 Å². The molecule has 0 aliphatic carbocycles. The van der Waals surface area contributed by atoms with Crippen molar-refractivity contribution in [2.24, 2.45) is 0 Å². The molecule has 1 heterocycles. The van der Waals surface area contributed by atoms with E-state index in [4.69, 9.17) is 4.74 Å². The van der Waals surface area contributed by atoms with E-state index in [9.17, 15) is 0 Å². The van der Waals surface area contributed by atoms with Crippen molar-refractivity contribution in [3.8, 4) is 5.75 Å². The molecule has 0 spiro atoms. The van der Waals surface area contributed by atoms with Crippen LogP contribution in [-0.2, 0) is 0 Å². The minimum absolute atomic E-state index is 0.752. The normalized spacial score (nSPS) is 14.6. The van der Waals surface area contributed by atoms with Gasteiger partial charge in [-0.15, -0.1) is 0 Å². The highest BCUT2D eigenvalue weighted by molar-refractivity contribution is 14.1. The van der Waals surface area contributed by atoms with E-state index in [2.05, 4.69) is 112 Å². The van der Waals surface area contributed by atoms with Gasteiger partial charge in [0.25, 0.3) is 0 Å². The summed E-state index contributed by atoms with van der Waals surface area (Å²) in [6.07, 6.45) is 0. The average Bonchev–Trinajstić information content (AvgIpc) is 3.55. The maximum atomic E-state index is 5.88. The molecule has 0 aromatic heterocycles. The molecule has 3 heteroatoms. The number of benzene rings is 3. The van der Waals surface area contributed by atoms with E-state index in [1.807, 2.05) is 0 Å². The van der Waals surface area contributed by atoms with Crippen molar-refractivity contribution in [1.82, 2.24) is 4.90 Å². The van der Waals surface area contributed by atoms with Crippen LogP contribution in [0.1, 0.15) is 16.7 Å². The van der Waals surface area contributed by atoms with Crippen LogP contribution in [0.5, 0.6) is 5.75 Å². The smallest absolute Gasteiger partial charge is 0.119 e. The first kappa shape index (κ1) is 18.3. The Morgan fingerprint density at radius 1 is 0.741 bits per heavy atom. The highest BCUT2D eigenvalue weighted by atomic mass is 127. The Bertz CT molecular complexity index is 900. The maximum Gasteiger partial charge on any atom is 0.119 e. The minimum Gasteiger partial charge on any atom is -0.492 e. The number of nitrogens with zero attached hydrogens (tertiary/aromatic N) is 1. The Balaban J connectivity index is 1.64. The lowest BCUT2D eigenvalue weighted by Crippen LogP contribution is -2.10. The third-order valence-corrected chi connectivity index (χ3v) is 5.83. The first-order valence-corrected chi connectivity index (χ1v) is 10.4. The zero-order valence-electron chi connectivity index (χ0n) is 15.1. The van der Waals surface area contributed by atoms with Crippen molar-refractivity contribution in [3.05, 3.63) is 102 Å². The highest BCUT2D eigenvalue weighted by Gasteiger charge is 2.16. The van der Waals surface area contributed by atoms with Crippen LogP contribution in [-0.4, -0.2) is 31.1 Å². The van der Waals surface area contributed by atoms with E-state index in [1.54, 1.807) is 0 Å². The monoisotopic (exact) mass is 467 g/mol. The molecule has 1 aliphatic heterocycles. The lowest BCUT2D eigenvalue weighted by atomic mass is 9.95. The Labute approximate surface area is 174 Å². The SMILES string of the molecule is IC(=C(c1ccccc1)c1ccc(OCCN2CC2)cc1)c1ccccc1. The molecule has 1 aliphatic rings. The Hall–Kier alpha value is -2.11. The molecule has 0 radical (unpaired) electrons.